The molecule has 0 fully saturated rings. The van der Waals surface area contributed by atoms with Crippen LogP contribution in [0.25, 0.3) is 5.95 Å². The van der Waals surface area contributed by atoms with Gasteiger partial charge in [-0.2, -0.15) is 5.10 Å². The molecular weight excluding hydrogens is 282 g/mol. The van der Waals surface area contributed by atoms with E-state index in [1.807, 2.05) is 18.2 Å². The number of hydrogen-bond donors (Lipinski definition) is 1. The number of carbonyl (C=O) groups is 1. The average molecular weight is 295 g/mol. The Morgan fingerprint density at radius 1 is 1.14 bits per heavy atom. The summed E-state index contributed by atoms with van der Waals surface area (Å²) in [5.41, 5.74) is 0.498. The van der Waals surface area contributed by atoms with Gasteiger partial charge in [-0.1, -0.05) is 18.2 Å². The summed E-state index contributed by atoms with van der Waals surface area (Å²) in [4.78, 5) is 20.0. The van der Waals surface area contributed by atoms with Crippen LogP contribution in [0.2, 0.25) is 0 Å². The first-order valence-corrected chi connectivity index (χ1v) is 6.61. The lowest BCUT2D eigenvalue weighted by Crippen LogP contribution is -2.20. The number of rotatable bonds is 5. The Morgan fingerprint density at radius 3 is 2.59 bits per heavy atom. The molecule has 110 valence electrons. The maximum absolute atomic E-state index is 11.8. The Labute approximate surface area is 126 Å². The number of para-hydroxylation sites is 1. The molecule has 1 aromatic carbocycles. The third-order valence-electron chi connectivity index (χ3n) is 2.74. The highest BCUT2D eigenvalue weighted by Gasteiger charge is 2.05. The molecule has 7 nitrogen and oxygen atoms in total. The molecule has 0 atom stereocenters. The van der Waals surface area contributed by atoms with Crippen LogP contribution in [0.1, 0.15) is 0 Å². The predicted molar refractivity (Wildman–Crippen MR) is 79.7 cm³/mol. The van der Waals surface area contributed by atoms with E-state index in [0.29, 0.717) is 17.4 Å². The lowest BCUT2D eigenvalue weighted by Gasteiger charge is -2.07. The van der Waals surface area contributed by atoms with Crippen molar-refractivity contribution < 1.29 is 9.53 Å². The molecule has 7 heteroatoms. The lowest BCUT2D eigenvalue weighted by molar-refractivity contribution is -0.118. The summed E-state index contributed by atoms with van der Waals surface area (Å²) in [6.07, 6.45) is 6.41. The molecule has 22 heavy (non-hydrogen) atoms. The Hall–Kier alpha value is -3.22. The first-order chi connectivity index (χ1) is 10.8. The van der Waals surface area contributed by atoms with Crippen LogP contribution in [-0.2, 0) is 4.79 Å². The van der Waals surface area contributed by atoms with E-state index in [0.717, 1.165) is 0 Å². The number of ether oxygens (including phenoxy) is 1. The van der Waals surface area contributed by atoms with Crippen molar-refractivity contribution in [3.05, 3.63) is 61.2 Å². The molecule has 0 radical (unpaired) electrons. The van der Waals surface area contributed by atoms with Gasteiger partial charge in [0.25, 0.3) is 11.9 Å². The van der Waals surface area contributed by atoms with Gasteiger partial charge >= 0.3 is 0 Å². The summed E-state index contributed by atoms with van der Waals surface area (Å²) < 4.78 is 6.89. The molecule has 0 aliphatic rings. The molecule has 1 amide bonds. The molecule has 0 saturated carbocycles. The second kappa shape index (κ2) is 6.49. The van der Waals surface area contributed by atoms with Gasteiger partial charge in [0.1, 0.15) is 5.75 Å². The molecule has 0 unspecified atom stereocenters. The zero-order valence-corrected chi connectivity index (χ0v) is 11.6. The van der Waals surface area contributed by atoms with E-state index >= 15 is 0 Å². The quantitative estimate of drug-likeness (QED) is 0.774. The number of anilines is 1. The predicted octanol–water partition coefficient (Wildman–Crippen LogP) is 1.68. The zero-order valence-electron chi connectivity index (χ0n) is 11.6. The number of nitrogens with one attached hydrogen (secondary N) is 1. The van der Waals surface area contributed by atoms with Crippen LogP contribution in [0.4, 0.5) is 5.69 Å². The summed E-state index contributed by atoms with van der Waals surface area (Å²) in [7, 11) is 0. The van der Waals surface area contributed by atoms with Crippen LogP contribution in [0.3, 0.4) is 0 Å². The van der Waals surface area contributed by atoms with E-state index in [2.05, 4.69) is 20.4 Å². The minimum atomic E-state index is -0.278. The highest BCUT2D eigenvalue weighted by molar-refractivity contribution is 5.91. The lowest BCUT2D eigenvalue weighted by atomic mass is 10.3. The van der Waals surface area contributed by atoms with Gasteiger partial charge in [-0.3, -0.25) is 4.79 Å². The second-order valence-electron chi connectivity index (χ2n) is 4.37. The normalized spacial score (nSPS) is 10.2. The first kappa shape index (κ1) is 13.7. The van der Waals surface area contributed by atoms with Gasteiger partial charge in [-0.15, -0.1) is 0 Å². The molecule has 0 saturated heterocycles. The standard InChI is InChI=1S/C15H13N5O2/c21-14(11-22-13-5-2-1-3-6-13)19-12-9-16-15(17-10-12)20-8-4-7-18-20/h1-10H,11H2,(H,19,21). The van der Waals surface area contributed by atoms with E-state index in [9.17, 15) is 4.79 Å². The maximum Gasteiger partial charge on any atom is 0.262 e. The largest absolute Gasteiger partial charge is 0.484 e. The Morgan fingerprint density at radius 2 is 1.91 bits per heavy atom. The summed E-state index contributed by atoms with van der Waals surface area (Å²) in [5.74, 6) is 0.797. The van der Waals surface area contributed by atoms with Crippen molar-refractivity contribution in [3.8, 4) is 11.7 Å². The molecule has 3 rings (SSSR count). The summed E-state index contributed by atoms with van der Waals surface area (Å²) in [6, 6.07) is 10.9. The molecule has 2 heterocycles. The van der Waals surface area contributed by atoms with E-state index in [1.165, 1.54) is 17.1 Å². The van der Waals surface area contributed by atoms with Gasteiger partial charge in [0, 0.05) is 12.4 Å². The van der Waals surface area contributed by atoms with Gasteiger partial charge < -0.3 is 10.1 Å². The highest BCUT2D eigenvalue weighted by atomic mass is 16.5. The van der Waals surface area contributed by atoms with Crippen LogP contribution >= 0.6 is 0 Å². The fourth-order valence-corrected chi connectivity index (χ4v) is 1.75. The van der Waals surface area contributed by atoms with Gasteiger partial charge in [-0.25, -0.2) is 14.6 Å². The highest BCUT2D eigenvalue weighted by Crippen LogP contribution is 2.09. The molecule has 0 bridgehead atoms. The number of amides is 1. The second-order valence-corrected chi connectivity index (χ2v) is 4.37. The van der Waals surface area contributed by atoms with E-state index in [1.54, 1.807) is 30.6 Å². The smallest absolute Gasteiger partial charge is 0.262 e. The van der Waals surface area contributed by atoms with Crippen molar-refractivity contribution in [2.75, 3.05) is 11.9 Å². The van der Waals surface area contributed by atoms with Crippen LogP contribution in [0.15, 0.2) is 61.2 Å². The number of nitrogens with zero attached hydrogens (tertiary/aromatic N) is 4. The molecule has 0 aliphatic carbocycles. The number of aromatic nitrogens is 4. The summed E-state index contributed by atoms with van der Waals surface area (Å²) in [5, 5.41) is 6.69. The van der Waals surface area contributed by atoms with Gasteiger partial charge in [0.2, 0.25) is 0 Å². The Kier molecular flexibility index (Phi) is 4.05. The maximum atomic E-state index is 11.8. The Bertz CT molecular complexity index is 726. The fraction of sp³-hybridized carbons (Fsp3) is 0.0667. The average Bonchev–Trinajstić information content (AvgIpc) is 3.09. The van der Waals surface area contributed by atoms with Gasteiger partial charge in [-0.05, 0) is 18.2 Å². The first-order valence-electron chi connectivity index (χ1n) is 6.61. The molecule has 1 N–H and O–H groups in total. The molecule has 0 aliphatic heterocycles. The molecular formula is C15H13N5O2. The molecule has 0 spiro atoms. The molecule has 3 aromatic rings. The zero-order chi connectivity index (χ0) is 15.2. The number of hydrogen-bond acceptors (Lipinski definition) is 5. The Balaban J connectivity index is 1.55. The van der Waals surface area contributed by atoms with Gasteiger partial charge in [0.15, 0.2) is 6.61 Å². The van der Waals surface area contributed by atoms with Crippen molar-refractivity contribution >= 4 is 11.6 Å². The van der Waals surface area contributed by atoms with Crippen LogP contribution in [-0.4, -0.2) is 32.3 Å². The van der Waals surface area contributed by atoms with E-state index in [4.69, 9.17) is 4.74 Å². The number of benzene rings is 1. The third kappa shape index (κ3) is 3.45. The SMILES string of the molecule is O=C(COc1ccccc1)Nc1cnc(-n2cccn2)nc1. The van der Waals surface area contributed by atoms with Crippen LogP contribution in [0, 0.1) is 0 Å². The van der Waals surface area contributed by atoms with Crippen molar-refractivity contribution in [2.45, 2.75) is 0 Å². The van der Waals surface area contributed by atoms with Crippen molar-refractivity contribution in [3.63, 3.8) is 0 Å². The summed E-state index contributed by atoms with van der Waals surface area (Å²) >= 11 is 0. The fourth-order valence-electron chi connectivity index (χ4n) is 1.75. The van der Waals surface area contributed by atoms with E-state index in [-0.39, 0.29) is 12.5 Å². The van der Waals surface area contributed by atoms with Crippen molar-refractivity contribution in [1.29, 1.82) is 0 Å². The van der Waals surface area contributed by atoms with Crippen molar-refractivity contribution in [1.82, 2.24) is 19.7 Å². The topological polar surface area (TPSA) is 81.9 Å². The van der Waals surface area contributed by atoms with Crippen LogP contribution < -0.4 is 10.1 Å². The van der Waals surface area contributed by atoms with Crippen LogP contribution in [0.5, 0.6) is 5.75 Å². The van der Waals surface area contributed by atoms with Gasteiger partial charge in [0.05, 0.1) is 18.1 Å². The van der Waals surface area contributed by atoms with E-state index < -0.39 is 0 Å². The monoisotopic (exact) mass is 295 g/mol. The molecule has 2 aromatic heterocycles. The number of carbonyl (C=O) groups excluding carboxylic acids is 1. The third-order valence-corrected chi connectivity index (χ3v) is 2.74. The van der Waals surface area contributed by atoms with Crippen molar-refractivity contribution in [2.24, 2.45) is 0 Å². The minimum absolute atomic E-state index is 0.0785. The minimum Gasteiger partial charge on any atom is -0.484 e. The summed E-state index contributed by atoms with van der Waals surface area (Å²) in [6.45, 7) is -0.0785.